The lowest BCUT2D eigenvalue weighted by molar-refractivity contribution is -0.134. The van der Waals surface area contributed by atoms with Crippen LogP contribution in [0.5, 0.6) is 0 Å². The Bertz CT molecular complexity index is 1160. The Kier molecular flexibility index (Phi) is 6.27. The van der Waals surface area contributed by atoms with E-state index in [0.29, 0.717) is 17.1 Å². The number of hydrogen-bond acceptors (Lipinski definition) is 5. The molecule has 0 spiro atoms. The molecule has 1 fully saturated rings. The van der Waals surface area contributed by atoms with Gasteiger partial charge in [-0.1, -0.05) is 36.4 Å². The van der Waals surface area contributed by atoms with Crippen LogP contribution in [0.15, 0.2) is 40.3 Å². The largest absolute Gasteiger partial charge is 0.337 e. The summed E-state index contributed by atoms with van der Waals surface area (Å²) in [5.41, 5.74) is 2.26. The van der Waals surface area contributed by atoms with E-state index in [4.69, 9.17) is 4.98 Å². The van der Waals surface area contributed by atoms with Gasteiger partial charge in [-0.3, -0.25) is 9.59 Å². The van der Waals surface area contributed by atoms with E-state index in [-0.39, 0.29) is 23.6 Å². The number of rotatable bonds is 4. The predicted molar refractivity (Wildman–Crippen MR) is 130 cm³/mol. The molecule has 1 amide bonds. The van der Waals surface area contributed by atoms with Gasteiger partial charge in [-0.25, -0.2) is 4.98 Å². The molecule has 0 aliphatic carbocycles. The number of carbonyl (C=O) groups excluding carboxylic acids is 1. The number of fused-ring (bicyclic) bond motifs is 3. The second kappa shape index (κ2) is 9.33. The number of nitrogens with zero attached hydrogens (tertiary/aromatic N) is 5. The van der Waals surface area contributed by atoms with Crippen LogP contribution in [0, 0.1) is 0 Å². The highest BCUT2D eigenvalue weighted by Crippen LogP contribution is 2.31. The molecule has 1 aromatic carbocycles. The lowest BCUT2D eigenvalue weighted by Crippen LogP contribution is -2.48. The Hall–Kier alpha value is -2.61. The standard InChI is InChI=1S/C25H31N5O2S/c1-17-10-9-11-18(2)29(17)21(31)16-33-25-26-23-22(20-14-7-4-8-15-28(20)25)24(32)30(27-23)19-12-5-3-6-13-19/h3,5-6,12-13,17-18H,4,7-11,14-16H2,1-2H3. The van der Waals surface area contributed by atoms with Gasteiger partial charge < -0.3 is 9.47 Å². The van der Waals surface area contributed by atoms with Crippen molar-refractivity contribution in [2.45, 2.75) is 82.6 Å². The molecule has 0 bridgehead atoms. The molecular formula is C25H31N5O2S. The van der Waals surface area contributed by atoms with Crippen LogP contribution in [0.2, 0.25) is 0 Å². The first-order valence-corrected chi connectivity index (χ1v) is 13.0. The molecule has 33 heavy (non-hydrogen) atoms. The second-order valence-electron chi connectivity index (χ2n) is 9.27. The van der Waals surface area contributed by atoms with Gasteiger partial charge in [-0.05, 0) is 64.5 Å². The van der Waals surface area contributed by atoms with Crippen molar-refractivity contribution < 1.29 is 4.79 Å². The van der Waals surface area contributed by atoms with Gasteiger partial charge in [0.25, 0.3) is 5.56 Å². The maximum absolute atomic E-state index is 13.3. The molecule has 1 aromatic rings. The lowest BCUT2D eigenvalue weighted by Gasteiger charge is -2.39. The molecule has 4 heterocycles. The Morgan fingerprint density at radius 1 is 1.06 bits per heavy atom. The highest BCUT2D eigenvalue weighted by Gasteiger charge is 2.30. The van der Waals surface area contributed by atoms with Crippen molar-refractivity contribution in [1.29, 1.82) is 0 Å². The maximum Gasteiger partial charge on any atom is 0.284 e. The molecule has 2 atom stereocenters. The van der Waals surface area contributed by atoms with Crippen LogP contribution >= 0.6 is 11.8 Å². The smallest absolute Gasteiger partial charge is 0.284 e. The highest BCUT2D eigenvalue weighted by molar-refractivity contribution is 7.99. The van der Waals surface area contributed by atoms with Crippen LogP contribution in [-0.2, 0) is 17.8 Å². The Morgan fingerprint density at radius 3 is 2.58 bits per heavy atom. The van der Waals surface area contributed by atoms with Gasteiger partial charge in [0.15, 0.2) is 11.0 Å². The summed E-state index contributed by atoms with van der Waals surface area (Å²) >= 11 is 1.49. The Labute approximate surface area is 198 Å². The van der Waals surface area contributed by atoms with Crippen LogP contribution in [0.4, 0.5) is 0 Å². The quantitative estimate of drug-likeness (QED) is 0.428. The number of carbonyl (C=O) groups is 1. The van der Waals surface area contributed by atoms with Crippen molar-refractivity contribution in [3.63, 3.8) is 0 Å². The summed E-state index contributed by atoms with van der Waals surface area (Å²) in [4.78, 5) is 33.4. The number of thioether (sulfide) groups is 1. The van der Waals surface area contributed by atoms with Crippen LogP contribution < -0.4 is 5.56 Å². The monoisotopic (exact) mass is 465 g/mol. The van der Waals surface area contributed by atoms with E-state index in [1.807, 2.05) is 30.3 Å². The zero-order valence-corrected chi connectivity index (χ0v) is 20.2. The summed E-state index contributed by atoms with van der Waals surface area (Å²) in [7, 11) is 0. The average molecular weight is 466 g/mol. The molecule has 5 rings (SSSR count). The molecule has 4 aliphatic heterocycles. The summed E-state index contributed by atoms with van der Waals surface area (Å²) in [6.07, 6.45) is 7.36. The molecule has 0 N–H and O–H groups in total. The van der Waals surface area contributed by atoms with Crippen molar-refractivity contribution in [3.05, 3.63) is 46.4 Å². The highest BCUT2D eigenvalue weighted by atomic mass is 32.2. The zero-order chi connectivity index (χ0) is 22.9. The average Bonchev–Trinajstić information content (AvgIpc) is 2.97. The fraction of sp³-hybridized carbons (Fsp3) is 0.520. The van der Waals surface area contributed by atoms with Crippen molar-refractivity contribution in [2.75, 3.05) is 5.75 Å². The summed E-state index contributed by atoms with van der Waals surface area (Å²) in [5, 5.41) is 5.39. The molecule has 4 aliphatic rings. The summed E-state index contributed by atoms with van der Waals surface area (Å²) < 4.78 is 3.63. The third-order valence-corrected chi connectivity index (χ3v) is 7.93. The van der Waals surface area contributed by atoms with E-state index in [2.05, 4.69) is 28.4 Å². The van der Waals surface area contributed by atoms with Crippen LogP contribution in [0.3, 0.4) is 0 Å². The Balaban J connectivity index is 1.51. The summed E-state index contributed by atoms with van der Waals surface area (Å²) in [6, 6.07) is 10.1. The third-order valence-electron chi connectivity index (χ3n) is 6.97. The van der Waals surface area contributed by atoms with Crippen LogP contribution in [-0.4, -0.2) is 48.0 Å². The van der Waals surface area contributed by atoms with Crippen LogP contribution in [0.25, 0.3) is 17.1 Å². The number of benzene rings is 1. The van der Waals surface area contributed by atoms with Gasteiger partial charge in [0.05, 0.1) is 11.4 Å². The van der Waals surface area contributed by atoms with Gasteiger partial charge in [0.1, 0.15) is 5.56 Å². The van der Waals surface area contributed by atoms with Crippen molar-refractivity contribution >= 4 is 17.7 Å². The number of likely N-dealkylation sites (tertiary alicyclic amines) is 1. The Morgan fingerprint density at radius 2 is 1.82 bits per heavy atom. The zero-order valence-electron chi connectivity index (χ0n) is 19.4. The fourth-order valence-corrected chi connectivity index (χ4v) is 6.23. The van der Waals surface area contributed by atoms with Crippen molar-refractivity contribution in [1.82, 2.24) is 24.2 Å². The van der Waals surface area contributed by atoms with E-state index in [1.165, 1.54) is 22.9 Å². The van der Waals surface area contributed by atoms with Gasteiger partial charge in [0, 0.05) is 24.3 Å². The second-order valence-corrected chi connectivity index (χ2v) is 10.2. The number of para-hydroxylation sites is 1. The van der Waals surface area contributed by atoms with Crippen molar-refractivity contribution in [2.24, 2.45) is 0 Å². The normalized spacial score (nSPS) is 21.1. The third kappa shape index (κ3) is 4.21. The fourth-order valence-electron chi connectivity index (χ4n) is 5.32. The molecule has 0 aromatic heterocycles. The maximum atomic E-state index is 13.3. The summed E-state index contributed by atoms with van der Waals surface area (Å²) in [5.74, 6) is 1.01. The van der Waals surface area contributed by atoms with Gasteiger partial charge in [-0.15, -0.1) is 5.10 Å². The van der Waals surface area contributed by atoms with E-state index < -0.39 is 0 Å². The molecule has 2 unspecified atom stereocenters. The minimum atomic E-state index is -0.113. The minimum Gasteiger partial charge on any atom is -0.337 e. The first-order valence-electron chi connectivity index (χ1n) is 12.1. The number of piperidine rings is 1. The van der Waals surface area contributed by atoms with E-state index in [9.17, 15) is 9.59 Å². The first kappa shape index (κ1) is 22.2. The first-order chi connectivity index (χ1) is 16.0. The number of aromatic nitrogens is 4. The predicted octanol–water partition coefficient (Wildman–Crippen LogP) is 4.14. The molecule has 7 nitrogen and oxygen atoms in total. The molecular weight excluding hydrogens is 434 g/mol. The number of hydrogen-bond donors (Lipinski definition) is 0. The minimum absolute atomic E-state index is 0.113. The van der Waals surface area contributed by atoms with E-state index in [0.717, 1.165) is 61.6 Å². The van der Waals surface area contributed by atoms with Gasteiger partial charge in [-0.2, -0.15) is 4.68 Å². The van der Waals surface area contributed by atoms with Gasteiger partial charge >= 0.3 is 0 Å². The molecule has 0 radical (unpaired) electrons. The van der Waals surface area contributed by atoms with Crippen molar-refractivity contribution in [3.8, 4) is 17.1 Å². The molecule has 8 heteroatoms. The van der Waals surface area contributed by atoms with Gasteiger partial charge in [0.2, 0.25) is 5.91 Å². The number of amides is 1. The lowest BCUT2D eigenvalue weighted by atomic mass is 9.98. The molecule has 0 saturated carbocycles. The topological polar surface area (TPSA) is 73.0 Å². The molecule has 174 valence electrons. The van der Waals surface area contributed by atoms with Crippen LogP contribution in [0.1, 0.15) is 58.1 Å². The van der Waals surface area contributed by atoms with E-state index in [1.54, 1.807) is 0 Å². The SMILES string of the molecule is CC1CCCC(C)N1C(=O)CSc1nc2nn(-c3ccccc3)c(=O)c-2c2n1CCCCC2. The van der Waals surface area contributed by atoms with E-state index >= 15 is 0 Å². The summed E-state index contributed by atoms with van der Waals surface area (Å²) in [6.45, 7) is 5.12. The molecule has 1 saturated heterocycles.